The van der Waals surface area contributed by atoms with Crippen LogP contribution in [0.4, 0.5) is 0 Å². The van der Waals surface area contributed by atoms with Crippen LogP contribution >= 0.6 is 15.9 Å². The number of hydrogen-bond acceptors (Lipinski definition) is 4. The molecule has 0 fully saturated rings. The van der Waals surface area contributed by atoms with Crippen LogP contribution in [0, 0.1) is 0 Å². The molecule has 0 saturated carbocycles. The molecule has 3 heterocycles. The van der Waals surface area contributed by atoms with E-state index in [1.807, 2.05) is 6.07 Å². The SMILES string of the molecule is Oc1cc(-c2cncc(Br)c2)nc2ccnn12. The van der Waals surface area contributed by atoms with Gasteiger partial charge in [0.25, 0.3) is 0 Å². The smallest absolute Gasteiger partial charge is 0.216 e. The second-order valence-corrected chi connectivity index (χ2v) is 4.41. The first-order valence-corrected chi connectivity index (χ1v) is 5.68. The molecule has 3 aromatic heterocycles. The number of fused-ring (bicyclic) bond motifs is 1. The van der Waals surface area contributed by atoms with Crippen molar-refractivity contribution in [3.05, 3.63) is 41.3 Å². The molecule has 3 aromatic rings. The van der Waals surface area contributed by atoms with Crippen LogP contribution in [0.15, 0.2) is 41.3 Å². The Morgan fingerprint density at radius 1 is 1.24 bits per heavy atom. The van der Waals surface area contributed by atoms with Crippen LogP contribution in [-0.2, 0) is 0 Å². The van der Waals surface area contributed by atoms with Gasteiger partial charge in [0.1, 0.15) is 0 Å². The maximum absolute atomic E-state index is 9.80. The van der Waals surface area contributed by atoms with Gasteiger partial charge in [-0.3, -0.25) is 4.98 Å². The molecule has 6 heteroatoms. The minimum absolute atomic E-state index is 0.0509. The summed E-state index contributed by atoms with van der Waals surface area (Å²) in [7, 11) is 0. The molecule has 84 valence electrons. The third-order valence-electron chi connectivity index (χ3n) is 2.34. The van der Waals surface area contributed by atoms with Gasteiger partial charge in [-0.2, -0.15) is 9.61 Å². The van der Waals surface area contributed by atoms with Crippen molar-refractivity contribution < 1.29 is 5.11 Å². The van der Waals surface area contributed by atoms with E-state index in [1.165, 1.54) is 4.52 Å². The number of hydrogen-bond donors (Lipinski definition) is 1. The Morgan fingerprint density at radius 2 is 2.12 bits per heavy atom. The lowest BCUT2D eigenvalue weighted by Crippen LogP contribution is -1.93. The Bertz CT molecular complexity index is 695. The van der Waals surface area contributed by atoms with Gasteiger partial charge in [-0.1, -0.05) is 0 Å². The summed E-state index contributed by atoms with van der Waals surface area (Å²) >= 11 is 3.35. The van der Waals surface area contributed by atoms with Crippen LogP contribution in [-0.4, -0.2) is 24.7 Å². The van der Waals surface area contributed by atoms with Crippen molar-refractivity contribution >= 4 is 21.6 Å². The van der Waals surface area contributed by atoms with E-state index in [4.69, 9.17) is 0 Å². The molecule has 0 amide bonds. The third-order valence-corrected chi connectivity index (χ3v) is 2.77. The summed E-state index contributed by atoms with van der Waals surface area (Å²) in [5, 5.41) is 13.7. The Hall–Kier alpha value is -1.95. The van der Waals surface area contributed by atoms with Crippen molar-refractivity contribution in [1.29, 1.82) is 0 Å². The normalized spacial score (nSPS) is 10.9. The van der Waals surface area contributed by atoms with E-state index in [9.17, 15) is 5.11 Å². The van der Waals surface area contributed by atoms with Crippen LogP contribution in [0.25, 0.3) is 16.9 Å². The highest BCUT2D eigenvalue weighted by molar-refractivity contribution is 9.10. The first-order chi connectivity index (χ1) is 8.24. The fourth-order valence-corrected chi connectivity index (χ4v) is 1.96. The zero-order chi connectivity index (χ0) is 11.8. The van der Waals surface area contributed by atoms with Gasteiger partial charge in [-0.15, -0.1) is 0 Å². The minimum atomic E-state index is 0.0509. The molecular weight excluding hydrogens is 284 g/mol. The molecule has 0 aliphatic heterocycles. The largest absolute Gasteiger partial charge is 0.493 e. The third kappa shape index (κ3) is 1.76. The zero-order valence-corrected chi connectivity index (χ0v) is 10.2. The lowest BCUT2D eigenvalue weighted by atomic mass is 10.2. The van der Waals surface area contributed by atoms with E-state index in [2.05, 4.69) is 31.0 Å². The average molecular weight is 291 g/mol. The lowest BCUT2D eigenvalue weighted by Gasteiger charge is -2.03. The molecule has 0 saturated heterocycles. The van der Waals surface area contributed by atoms with Crippen molar-refractivity contribution in [2.24, 2.45) is 0 Å². The Kier molecular flexibility index (Phi) is 2.29. The molecule has 0 aliphatic carbocycles. The number of aromatic hydroxyl groups is 1. The summed E-state index contributed by atoms with van der Waals surface area (Å²) in [4.78, 5) is 8.45. The number of halogens is 1. The van der Waals surface area contributed by atoms with Crippen molar-refractivity contribution in [3.8, 4) is 17.1 Å². The van der Waals surface area contributed by atoms with Crippen molar-refractivity contribution in [1.82, 2.24) is 19.6 Å². The Balaban J connectivity index is 2.23. The number of aromatic nitrogens is 4. The van der Waals surface area contributed by atoms with Crippen LogP contribution in [0.1, 0.15) is 0 Å². The fourth-order valence-electron chi connectivity index (χ4n) is 1.60. The van der Waals surface area contributed by atoms with Crippen molar-refractivity contribution in [2.45, 2.75) is 0 Å². The topological polar surface area (TPSA) is 63.3 Å². The summed E-state index contributed by atoms with van der Waals surface area (Å²) < 4.78 is 2.24. The van der Waals surface area contributed by atoms with Crippen LogP contribution in [0.5, 0.6) is 5.88 Å². The summed E-state index contributed by atoms with van der Waals surface area (Å²) in [5.41, 5.74) is 2.09. The molecular formula is C11H7BrN4O. The number of nitrogens with zero attached hydrogens (tertiary/aromatic N) is 4. The fraction of sp³-hybridized carbons (Fsp3) is 0. The standard InChI is InChI=1S/C11H7BrN4O/c12-8-3-7(5-13-6-8)9-4-11(17)16-10(15-9)1-2-14-16/h1-6,17H. The molecule has 5 nitrogen and oxygen atoms in total. The second kappa shape index (κ2) is 3.81. The lowest BCUT2D eigenvalue weighted by molar-refractivity contribution is 0.435. The molecule has 0 unspecified atom stereocenters. The van der Waals surface area contributed by atoms with Crippen LogP contribution < -0.4 is 0 Å². The van der Waals surface area contributed by atoms with E-state index in [0.29, 0.717) is 11.3 Å². The quantitative estimate of drug-likeness (QED) is 0.747. The van der Waals surface area contributed by atoms with Gasteiger partial charge in [0.15, 0.2) is 5.65 Å². The predicted molar refractivity (Wildman–Crippen MR) is 65.6 cm³/mol. The van der Waals surface area contributed by atoms with E-state index < -0.39 is 0 Å². The van der Waals surface area contributed by atoms with Crippen molar-refractivity contribution in [2.75, 3.05) is 0 Å². The van der Waals surface area contributed by atoms with Gasteiger partial charge in [-0.05, 0) is 22.0 Å². The molecule has 0 aliphatic rings. The van der Waals surface area contributed by atoms with Gasteiger partial charge < -0.3 is 5.11 Å². The van der Waals surface area contributed by atoms with E-state index >= 15 is 0 Å². The average Bonchev–Trinajstić information content (AvgIpc) is 2.77. The highest BCUT2D eigenvalue weighted by Gasteiger charge is 2.07. The molecule has 0 bridgehead atoms. The molecule has 0 atom stereocenters. The summed E-state index contributed by atoms with van der Waals surface area (Å²) in [6, 6.07) is 5.18. The van der Waals surface area contributed by atoms with Gasteiger partial charge in [0, 0.05) is 34.6 Å². The Labute approximate surface area is 105 Å². The molecule has 3 rings (SSSR count). The van der Waals surface area contributed by atoms with Gasteiger partial charge in [0.2, 0.25) is 5.88 Å². The van der Waals surface area contributed by atoms with Gasteiger partial charge >= 0.3 is 0 Å². The maximum Gasteiger partial charge on any atom is 0.216 e. The molecule has 17 heavy (non-hydrogen) atoms. The molecule has 1 N–H and O–H groups in total. The van der Waals surface area contributed by atoms with E-state index in [-0.39, 0.29) is 5.88 Å². The zero-order valence-electron chi connectivity index (χ0n) is 8.58. The van der Waals surface area contributed by atoms with Crippen LogP contribution in [0.3, 0.4) is 0 Å². The maximum atomic E-state index is 9.80. The molecule has 0 spiro atoms. The van der Waals surface area contributed by atoms with E-state index in [0.717, 1.165) is 10.0 Å². The second-order valence-electron chi connectivity index (χ2n) is 3.49. The first kappa shape index (κ1) is 10.2. The first-order valence-electron chi connectivity index (χ1n) is 4.89. The number of rotatable bonds is 1. The van der Waals surface area contributed by atoms with Crippen LogP contribution in [0.2, 0.25) is 0 Å². The molecule has 0 aromatic carbocycles. The summed E-state index contributed by atoms with van der Waals surface area (Å²) in [6.07, 6.45) is 4.98. The summed E-state index contributed by atoms with van der Waals surface area (Å²) in [6.45, 7) is 0. The minimum Gasteiger partial charge on any atom is -0.493 e. The monoisotopic (exact) mass is 290 g/mol. The van der Waals surface area contributed by atoms with Crippen molar-refractivity contribution in [3.63, 3.8) is 0 Å². The van der Waals surface area contributed by atoms with Gasteiger partial charge in [0.05, 0.1) is 11.9 Å². The Morgan fingerprint density at radius 3 is 2.94 bits per heavy atom. The van der Waals surface area contributed by atoms with E-state index in [1.54, 1.807) is 30.7 Å². The predicted octanol–water partition coefficient (Wildman–Crippen LogP) is 2.26. The summed E-state index contributed by atoms with van der Waals surface area (Å²) in [5.74, 6) is 0.0509. The van der Waals surface area contributed by atoms with Gasteiger partial charge in [-0.25, -0.2) is 4.98 Å². The molecule has 0 radical (unpaired) electrons. The highest BCUT2D eigenvalue weighted by atomic mass is 79.9. The number of pyridine rings is 1. The highest BCUT2D eigenvalue weighted by Crippen LogP contribution is 2.23.